The molecule has 1 N–H and O–H groups in total. The van der Waals surface area contributed by atoms with E-state index < -0.39 is 0 Å². The minimum absolute atomic E-state index is 0.104. The Morgan fingerprint density at radius 2 is 2.16 bits per heavy atom. The molecule has 0 saturated carbocycles. The van der Waals surface area contributed by atoms with Crippen LogP contribution in [0.15, 0.2) is 59.6 Å². The number of ether oxygens (including phenoxy) is 1. The number of anilines is 1. The molecule has 0 spiro atoms. The number of para-hydroxylation sites is 1. The van der Waals surface area contributed by atoms with Crippen LogP contribution in [0.4, 0.5) is 5.69 Å². The molecule has 0 aliphatic carbocycles. The van der Waals surface area contributed by atoms with Crippen LogP contribution >= 0.6 is 11.8 Å². The third-order valence-electron chi connectivity index (χ3n) is 4.09. The smallest absolute Gasteiger partial charge is 0.246 e. The molecular formula is C19H17N3O2S. The highest BCUT2D eigenvalue weighted by Gasteiger charge is 2.22. The van der Waals surface area contributed by atoms with Crippen molar-refractivity contribution in [2.75, 3.05) is 11.6 Å². The van der Waals surface area contributed by atoms with E-state index in [-0.39, 0.29) is 12.5 Å². The number of thioether (sulfide) groups is 1. The number of fused-ring (bicyclic) bond motifs is 3. The molecule has 0 bridgehead atoms. The van der Waals surface area contributed by atoms with Gasteiger partial charge in [-0.15, -0.1) is 11.8 Å². The second-order valence-electron chi connectivity index (χ2n) is 5.74. The summed E-state index contributed by atoms with van der Waals surface area (Å²) in [6.45, 7) is 0.636. The van der Waals surface area contributed by atoms with Crippen molar-refractivity contribution in [3.8, 4) is 17.0 Å². The van der Waals surface area contributed by atoms with Crippen molar-refractivity contribution in [2.45, 2.75) is 18.0 Å². The van der Waals surface area contributed by atoms with Crippen molar-refractivity contribution in [2.24, 2.45) is 0 Å². The maximum absolute atomic E-state index is 12.5. The van der Waals surface area contributed by atoms with Crippen LogP contribution in [-0.2, 0) is 17.9 Å². The zero-order chi connectivity index (χ0) is 17.2. The second-order valence-corrected chi connectivity index (χ2v) is 6.62. The van der Waals surface area contributed by atoms with Crippen molar-refractivity contribution in [1.29, 1.82) is 0 Å². The summed E-state index contributed by atoms with van der Waals surface area (Å²) in [7, 11) is 0. The highest BCUT2D eigenvalue weighted by atomic mass is 32.2. The number of carbonyl (C=O) groups excluding carboxylic acids is 1. The Morgan fingerprint density at radius 1 is 1.28 bits per heavy atom. The fourth-order valence-electron chi connectivity index (χ4n) is 2.94. The van der Waals surface area contributed by atoms with E-state index in [1.165, 1.54) is 0 Å². The van der Waals surface area contributed by atoms with Crippen LogP contribution < -0.4 is 10.1 Å². The van der Waals surface area contributed by atoms with Gasteiger partial charge in [0.1, 0.15) is 18.9 Å². The Kier molecular flexibility index (Phi) is 4.19. The standard InChI is InChI=1S/C19H17N3O2S/c1-25-15-6-4-5-14(9-15)21-18(23)11-22-19-13(10-20-22)12-24-17-8-3-2-7-16(17)19/h2-10H,11-12H2,1H3,(H,21,23). The highest BCUT2D eigenvalue weighted by molar-refractivity contribution is 7.98. The quantitative estimate of drug-likeness (QED) is 0.727. The normalized spacial score (nSPS) is 12.0. The van der Waals surface area contributed by atoms with Gasteiger partial charge in [-0.2, -0.15) is 5.10 Å². The minimum atomic E-state index is -0.104. The van der Waals surface area contributed by atoms with Crippen molar-refractivity contribution >= 4 is 23.4 Å². The van der Waals surface area contributed by atoms with Gasteiger partial charge in [0.05, 0.1) is 11.9 Å². The van der Waals surface area contributed by atoms with Crippen molar-refractivity contribution in [1.82, 2.24) is 9.78 Å². The van der Waals surface area contributed by atoms with E-state index in [0.29, 0.717) is 6.61 Å². The van der Waals surface area contributed by atoms with E-state index >= 15 is 0 Å². The number of carbonyl (C=O) groups is 1. The van der Waals surface area contributed by atoms with Crippen LogP contribution in [-0.4, -0.2) is 21.9 Å². The average Bonchev–Trinajstić information content (AvgIpc) is 3.05. The Hall–Kier alpha value is -2.73. The van der Waals surface area contributed by atoms with Crippen LogP contribution in [0.3, 0.4) is 0 Å². The number of amides is 1. The lowest BCUT2D eigenvalue weighted by Crippen LogP contribution is -2.20. The number of hydrogen-bond donors (Lipinski definition) is 1. The lowest BCUT2D eigenvalue weighted by atomic mass is 10.0. The molecule has 0 atom stereocenters. The summed E-state index contributed by atoms with van der Waals surface area (Å²) >= 11 is 1.64. The predicted octanol–water partition coefficient (Wildman–Crippen LogP) is 3.80. The fraction of sp³-hybridized carbons (Fsp3) is 0.158. The first kappa shape index (κ1) is 15.8. The van der Waals surface area contributed by atoms with Crippen molar-refractivity contribution in [3.05, 3.63) is 60.3 Å². The van der Waals surface area contributed by atoms with Crippen LogP contribution in [0.25, 0.3) is 11.3 Å². The van der Waals surface area contributed by atoms with Crippen molar-refractivity contribution < 1.29 is 9.53 Å². The summed E-state index contributed by atoms with van der Waals surface area (Å²) in [6.07, 6.45) is 3.78. The number of hydrogen-bond acceptors (Lipinski definition) is 4. The maximum atomic E-state index is 12.5. The highest BCUT2D eigenvalue weighted by Crippen LogP contribution is 2.37. The van der Waals surface area contributed by atoms with Gasteiger partial charge in [0.15, 0.2) is 0 Å². The number of rotatable bonds is 4. The van der Waals surface area contributed by atoms with Crippen LogP contribution in [0.2, 0.25) is 0 Å². The predicted molar refractivity (Wildman–Crippen MR) is 98.8 cm³/mol. The molecule has 3 aromatic rings. The van der Waals surface area contributed by atoms with Crippen LogP contribution in [0.5, 0.6) is 5.75 Å². The molecular weight excluding hydrogens is 334 g/mol. The third-order valence-corrected chi connectivity index (χ3v) is 4.81. The lowest BCUT2D eigenvalue weighted by molar-refractivity contribution is -0.116. The van der Waals surface area contributed by atoms with E-state index in [2.05, 4.69) is 10.4 Å². The van der Waals surface area contributed by atoms with Crippen LogP contribution in [0.1, 0.15) is 5.56 Å². The zero-order valence-corrected chi connectivity index (χ0v) is 14.5. The van der Waals surface area contributed by atoms with E-state index in [0.717, 1.165) is 33.2 Å². The van der Waals surface area contributed by atoms with Gasteiger partial charge in [0, 0.05) is 21.7 Å². The SMILES string of the molecule is CSc1cccc(NC(=O)Cn2ncc3c2-c2ccccc2OC3)c1. The first-order valence-corrected chi connectivity index (χ1v) is 9.18. The molecule has 2 heterocycles. The van der Waals surface area contributed by atoms with Gasteiger partial charge in [-0.05, 0) is 36.6 Å². The first-order valence-electron chi connectivity index (χ1n) is 7.95. The topological polar surface area (TPSA) is 56.2 Å². The first-order chi connectivity index (χ1) is 12.2. The number of aromatic nitrogens is 2. The molecule has 0 fully saturated rings. The van der Waals surface area contributed by atoms with E-state index in [1.807, 2.05) is 54.8 Å². The van der Waals surface area contributed by atoms with Gasteiger partial charge in [-0.1, -0.05) is 18.2 Å². The van der Waals surface area contributed by atoms with E-state index in [1.54, 1.807) is 22.6 Å². The Labute approximate surface area is 150 Å². The van der Waals surface area contributed by atoms with Gasteiger partial charge >= 0.3 is 0 Å². The van der Waals surface area contributed by atoms with Gasteiger partial charge in [-0.3, -0.25) is 9.48 Å². The largest absolute Gasteiger partial charge is 0.488 e. The molecule has 0 unspecified atom stereocenters. The average molecular weight is 351 g/mol. The monoisotopic (exact) mass is 351 g/mol. The Balaban J connectivity index is 1.56. The van der Waals surface area contributed by atoms with Gasteiger partial charge in [0.2, 0.25) is 5.91 Å². The molecule has 0 radical (unpaired) electrons. The molecule has 4 rings (SSSR count). The molecule has 126 valence electrons. The molecule has 25 heavy (non-hydrogen) atoms. The van der Waals surface area contributed by atoms with Crippen molar-refractivity contribution in [3.63, 3.8) is 0 Å². The van der Waals surface area contributed by atoms with Gasteiger partial charge in [-0.25, -0.2) is 0 Å². The summed E-state index contributed by atoms with van der Waals surface area (Å²) in [5.41, 5.74) is 3.71. The zero-order valence-electron chi connectivity index (χ0n) is 13.7. The molecule has 1 amide bonds. The summed E-state index contributed by atoms with van der Waals surface area (Å²) in [5.74, 6) is 0.720. The number of nitrogens with zero attached hydrogens (tertiary/aromatic N) is 2. The summed E-state index contributed by atoms with van der Waals surface area (Å²) in [5, 5.41) is 7.33. The molecule has 1 aromatic heterocycles. The van der Waals surface area contributed by atoms with E-state index in [9.17, 15) is 4.79 Å². The summed E-state index contributed by atoms with van der Waals surface area (Å²) in [4.78, 5) is 13.6. The lowest BCUT2D eigenvalue weighted by Gasteiger charge is -2.19. The number of nitrogens with one attached hydrogen (secondary N) is 1. The molecule has 5 nitrogen and oxygen atoms in total. The molecule has 1 aliphatic rings. The van der Waals surface area contributed by atoms with E-state index in [4.69, 9.17) is 4.74 Å². The molecule has 1 aliphatic heterocycles. The Morgan fingerprint density at radius 3 is 3.04 bits per heavy atom. The molecule has 0 saturated heterocycles. The maximum Gasteiger partial charge on any atom is 0.246 e. The third kappa shape index (κ3) is 3.13. The van der Waals surface area contributed by atoms with Gasteiger partial charge in [0.25, 0.3) is 0 Å². The van der Waals surface area contributed by atoms with Gasteiger partial charge < -0.3 is 10.1 Å². The summed E-state index contributed by atoms with van der Waals surface area (Å²) < 4.78 is 7.47. The fourth-order valence-corrected chi connectivity index (χ4v) is 3.40. The molecule has 6 heteroatoms. The second kappa shape index (κ2) is 6.64. The summed E-state index contributed by atoms with van der Waals surface area (Å²) in [6, 6.07) is 15.6. The van der Waals surface area contributed by atoms with Crippen LogP contribution in [0, 0.1) is 0 Å². The minimum Gasteiger partial charge on any atom is -0.488 e. The number of benzene rings is 2. The molecule has 2 aromatic carbocycles. The Bertz CT molecular complexity index is 936.